The lowest BCUT2D eigenvalue weighted by Crippen LogP contribution is -2.47. The molecule has 3 N–H and O–H groups in total. The summed E-state index contributed by atoms with van der Waals surface area (Å²) in [5.41, 5.74) is 0. The van der Waals surface area contributed by atoms with Gasteiger partial charge in [-0.05, 0) is 19.8 Å². The van der Waals surface area contributed by atoms with Crippen LogP contribution in [0.3, 0.4) is 0 Å². The van der Waals surface area contributed by atoms with Crippen LogP contribution in [0.4, 0.5) is 4.79 Å². The Morgan fingerprint density at radius 1 is 1.25 bits per heavy atom. The number of carboxylic acid groups (broad SMARTS) is 1. The maximum Gasteiger partial charge on any atom is 0.314 e. The van der Waals surface area contributed by atoms with Crippen LogP contribution in [0, 0.1) is 5.92 Å². The molecule has 0 rings (SSSR count). The van der Waals surface area contributed by atoms with Gasteiger partial charge in [-0.3, -0.25) is 4.79 Å². The first-order valence-corrected chi connectivity index (χ1v) is 8.32. The summed E-state index contributed by atoms with van der Waals surface area (Å²) in [6.45, 7) is 5.14. The third-order valence-electron chi connectivity index (χ3n) is 3.27. The van der Waals surface area contributed by atoms with Crippen molar-refractivity contribution < 1.29 is 23.1 Å². The molecule has 1 atom stereocenters. The molecule has 0 saturated carbocycles. The van der Waals surface area contributed by atoms with Crippen LogP contribution in [0.1, 0.15) is 33.6 Å². The first-order chi connectivity index (χ1) is 8.99. The molecule has 0 aromatic heterocycles. The van der Waals surface area contributed by atoms with Crippen molar-refractivity contribution in [3.63, 3.8) is 0 Å². The molecule has 7 nitrogen and oxygen atoms in total. The van der Waals surface area contributed by atoms with Crippen molar-refractivity contribution in [2.45, 2.75) is 38.4 Å². The average Bonchev–Trinajstić information content (AvgIpc) is 2.30. The van der Waals surface area contributed by atoms with Gasteiger partial charge in [0.05, 0.1) is 4.75 Å². The molecule has 0 radical (unpaired) electrons. The number of urea groups is 1. The minimum atomic E-state index is -3.27. The summed E-state index contributed by atoms with van der Waals surface area (Å²) >= 11 is 0. The van der Waals surface area contributed by atoms with Gasteiger partial charge in [-0.15, -0.1) is 0 Å². The number of carbonyl (C=O) groups excluding carboxylic acids is 1. The number of sulfone groups is 1. The fraction of sp³-hybridized carbons (Fsp3) is 0.833. The summed E-state index contributed by atoms with van der Waals surface area (Å²) in [4.78, 5) is 22.1. The van der Waals surface area contributed by atoms with E-state index in [2.05, 4.69) is 10.6 Å². The summed E-state index contributed by atoms with van der Waals surface area (Å²) in [6.07, 6.45) is 1.75. The Morgan fingerprint density at radius 3 is 2.20 bits per heavy atom. The third kappa shape index (κ3) is 6.74. The zero-order chi connectivity index (χ0) is 16.0. The molecule has 1 unspecified atom stereocenters. The first-order valence-electron chi connectivity index (χ1n) is 6.42. The van der Waals surface area contributed by atoms with Gasteiger partial charge in [0.25, 0.3) is 0 Å². The van der Waals surface area contributed by atoms with Crippen LogP contribution in [0.2, 0.25) is 0 Å². The Kier molecular flexibility index (Phi) is 6.98. The van der Waals surface area contributed by atoms with Crippen molar-refractivity contribution in [2.75, 3.05) is 19.3 Å². The molecule has 0 aliphatic heterocycles. The van der Waals surface area contributed by atoms with Crippen LogP contribution in [0.25, 0.3) is 0 Å². The molecule has 0 bridgehead atoms. The van der Waals surface area contributed by atoms with E-state index in [-0.39, 0.29) is 25.4 Å². The van der Waals surface area contributed by atoms with Crippen LogP contribution in [0.15, 0.2) is 0 Å². The zero-order valence-electron chi connectivity index (χ0n) is 12.4. The van der Waals surface area contributed by atoms with Crippen molar-refractivity contribution in [1.29, 1.82) is 0 Å². The lowest BCUT2D eigenvalue weighted by atomic mass is 10.0. The number of aliphatic carboxylic acids is 1. The molecule has 0 fully saturated rings. The molecule has 20 heavy (non-hydrogen) atoms. The first kappa shape index (κ1) is 18.7. The van der Waals surface area contributed by atoms with Gasteiger partial charge >= 0.3 is 12.0 Å². The summed E-state index contributed by atoms with van der Waals surface area (Å²) in [6, 6.07) is -0.495. The van der Waals surface area contributed by atoms with E-state index in [1.54, 1.807) is 0 Å². The maximum atomic E-state index is 11.6. The van der Waals surface area contributed by atoms with Crippen molar-refractivity contribution in [1.82, 2.24) is 10.6 Å². The average molecular weight is 308 g/mol. The minimum absolute atomic E-state index is 0.00656. The summed E-state index contributed by atoms with van der Waals surface area (Å²) in [5, 5.41) is 13.7. The van der Waals surface area contributed by atoms with Crippen LogP contribution in [-0.2, 0) is 14.6 Å². The molecule has 0 heterocycles. The van der Waals surface area contributed by atoms with Gasteiger partial charge in [-0.25, -0.2) is 13.2 Å². The largest absolute Gasteiger partial charge is 0.481 e. The van der Waals surface area contributed by atoms with Gasteiger partial charge in [-0.2, -0.15) is 0 Å². The molecular weight excluding hydrogens is 284 g/mol. The monoisotopic (exact) mass is 308 g/mol. The smallest absolute Gasteiger partial charge is 0.314 e. The SMILES string of the molecule is CCC(CNC(=O)NCC(C)(C)S(C)(=O)=O)CC(=O)O. The highest BCUT2D eigenvalue weighted by Crippen LogP contribution is 2.13. The van der Waals surface area contributed by atoms with E-state index in [9.17, 15) is 18.0 Å². The predicted molar refractivity (Wildman–Crippen MR) is 76.4 cm³/mol. The van der Waals surface area contributed by atoms with E-state index >= 15 is 0 Å². The van der Waals surface area contributed by atoms with E-state index in [1.807, 2.05) is 6.92 Å². The van der Waals surface area contributed by atoms with Crippen molar-refractivity contribution in [2.24, 2.45) is 5.92 Å². The summed E-state index contributed by atoms with van der Waals surface area (Å²) < 4.78 is 21.9. The number of carbonyl (C=O) groups is 2. The predicted octanol–water partition coefficient (Wildman–Crippen LogP) is 0.610. The Bertz CT molecular complexity index is 445. The Balaban J connectivity index is 4.22. The molecule has 0 spiro atoms. The topological polar surface area (TPSA) is 113 Å². The maximum absolute atomic E-state index is 11.6. The fourth-order valence-corrected chi connectivity index (χ4v) is 1.67. The Labute approximate surface area is 120 Å². The Morgan fingerprint density at radius 2 is 1.80 bits per heavy atom. The fourth-order valence-electron chi connectivity index (χ4n) is 1.33. The summed E-state index contributed by atoms with van der Waals surface area (Å²) in [5.74, 6) is -1.04. The quantitative estimate of drug-likeness (QED) is 0.608. The van der Waals surface area contributed by atoms with Crippen molar-refractivity contribution in [3.8, 4) is 0 Å². The van der Waals surface area contributed by atoms with E-state index < -0.39 is 26.6 Å². The Hall–Kier alpha value is -1.31. The highest BCUT2D eigenvalue weighted by Gasteiger charge is 2.30. The lowest BCUT2D eigenvalue weighted by molar-refractivity contribution is -0.138. The highest BCUT2D eigenvalue weighted by molar-refractivity contribution is 7.92. The molecule has 0 aromatic rings. The van der Waals surface area contributed by atoms with E-state index in [0.717, 1.165) is 6.26 Å². The van der Waals surface area contributed by atoms with Gasteiger partial charge in [-0.1, -0.05) is 13.3 Å². The van der Waals surface area contributed by atoms with Crippen LogP contribution >= 0.6 is 0 Å². The number of carboxylic acids is 1. The van der Waals surface area contributed by atoms with Crippen LogP contribution in [-0.4, -0.2) is 49.6 Å². The molecule has 0 aliphatic carbocycles. The second-order valence-corrected chi connectivity index (χ2v) is 8.12. The van der Waals surface area contributed by atoms with Gasteiger partial charge < -0.3 is 15.7 Å². The van der Waals surface area contributed by atoms with Gasteiger partial charge in [0.2, 0.25) is 0 Å². The molecule has 0 aromatic carbocycles. The molecule has 118 valence electrons. The number of hydrogen-bond acceptors (Lipinski definition) is 4. The number of amides is 2. The summed E-state index contributed by atoms with van der Waals surface area (Å²) in [7, 11) is -3.27. The molecule has 8 heteroatoms. The van der Waals surface area contributed by atoms with Gasteiger partial charge in [0.1, 0.15) is 0 Å². The number of nitrogens with one attached hydrogen (secondary N) is 2. The van der Waals surface area contributed by atoms with E-state index in [0.29, 0.717) is 6.42 Å². The minimum Gasteiger partial charge on any atom is -0.481 e. The third-order valence-corrected chi connectivity index (χ3v) is 5.42. The molecule has 0 aliphatic rings. The zero-order valence-corrected chi connectivity index (χ0v) is 13.2. The van der Waals surface area contributed by atoms with Crippen molar-refractivity contribution >= 4 is 21.8 Å². The molecule has 2 amide bonds. The van der Waals surface area contributed by atoms with Crippen LogP contribution in [0.5, 0.6) is 0 Å². The number of rotatable bonds is 8. The van der Waals surface area contributed by atoms with E-state index in [4.69, 9.17) is 5.11 Å². The van der Waals surface area contributed by atoms with Gasteiger partial charge in [0, 0.05) is 25.8 Å². The van der Waals surface area contributed by atoms with E-state index in [1.165, 1.54) is 13.8 Å². The second kappa shape index (κ2) is 7.47. The molecule has 0 saturated heterocycles. The number of hydrogen-bond donors (Lipinski definition) is 3. The second-order valence-electron chi connectivity index (χ2n) is 5.47. The highest BCUT2D eigenvalue weighted by atomic mass is 32.2. The van der Waals surface area contributed by atoms with Gasteiger partial charge in [0.15, 0.2) is 9.84 Å². The molecular formula is C12H24N2O5S. The normalized spacial score (nSPS) is 13.6. The van der Waals surface area contributed by atoms with Crippen molar-refractivity contribution in [3.05, 3.63) is 0 Å². The standard InChI is InChI=1S/C12H24N2O5S/c1-5-9(6-10(15)16)7-13-11(17)14-8-12(2,3)20(4,18)19/h9H,5-8H2,1-4H3,(H,15,16)(H2,13,14,17). The van der Waals surface area contributed by atoms with Crippen LogP contribution < -0.4 is 10.6 Å². The lowest BCUT2D eigenvalue weighted by Gasteiger charge is -2.23.